The van der Waals surface area contributed by atoms with Gasteiger partial charge >= 0.3 is 5.97 Å². The van der Waals surface area contributed by atoms with Crippen molar-refractivity contribution < 1.29 is 23.6 Å². The van der Waals surface area contributed by atoms with Crippen molar-refractivity contribution in [2.75, 3.05) is 6.61 Å². The molecule has 4 rings (SSSR count). The molecule has 1 aliphatic rings. The second-order valence-electron chi connectivity index (χ2n) is 9.29. The van der Waals surface area contributed by atoms with E-state index in [0.717, 1.165) is 22.3 Å². The highest BCUT2D eigenvalue weighted by atomic mass is 32.2. The van der Waals surface area contributed by atoms with Gasteiger partial charge in [-0.3, -0.25) is 0 Å². The largest absolute Gasteiger partial charge is 0.477 e. The number of nitrogens with zero attached hydrogens (tertiary/aromatic N) is 2. The molecule has 2 atom stereocenters. The summed E-state index contributed by atoms with van der Waals surface area (Å²) in [6.45, 7) is 5.84. The summed E-state index contributed by atoms with van der Waals surface area (Å²) in [5.74, 6) is -1.47. The summed E-state index contributed by atoms with van der Waals surface area (Å²) >= 11 is 0. The van der Waals surface area contributed by atoms with Crippen molar-refractivity contribution in [3.63, 3.8) is 0 Å². The first-order chi connectivity index (χ1) is 16.1. The SMILES string of the molecule is CC(C)(C)[S@@](=O)N1Cc2cc(C(=O)O)nc(-c3cccc(-c4ccc(F)cc4)c3)c2[C@H]1CCO. The molecular weight excluding hydrogens is 455 g/mol. The van der Waals surface area contributed by atoms with Gasteiger partial charge in [0.05, 0.1) is 16.5 Å². The highest BCUT2D eigenvalue weighted by Gasteiger charge is 2.40. The van der Waals surface area contributed by atoms with E-state index in [4.69, 9.17) is 0 Å². The first-order valence-electron chi connectivity index (χ1n) is 11.0. The van der Waals surface area contributed by atoms with Gasteiger partial charge < -0.3 is 10.2 Å². The molecule has 0 amide bonds. The van der Waals surface area contributed by atoms with Crippen LogP contribution in [0.25, 0.3) is 22.4 Å². The molecule has 0 spiro atoms. The molecule has 0 saturated carbocycles. The summed E-state index contributed by atoms with van der Waals surface area (Å²) in [4.78, 5) is 16.4. The van der Waals surface area contributed by atoms with E-state index in [9.17, 15) is 23.6 Å². The van der Waals surface area contributed by atoms with Crippen LogP contribution in [0.3, 0.4) is 0 Å². The number of aromatic nitrogens is 1. The van der Waals surface area contributed by atoms with Gasteiger partial charge in [0.15, 0.2) is 0 Å². The lowest BCUT2D eigenvalue weighted by atomic mass is 9.94. The molecule has 0 bridgehead atoms. The van der Waals surface area contributed by atoms with Crippen molar-refractivity contribution in [2.24, 2.45) is 0 Å². The van der Waals surface area contributed by atoms with E-state index >= 15 is 0 Å². The van der Waals surface area contributed by atoms with E-state index in [1.165, 1.54) is 18.2 Å². The average molecular weight is 483 g/mol. The molecule has 0 saturated heterocycles. The van der Waals surface area contributed by atoms with Gasteiger partial charge in [-0.2, -0.15) is 0 Å². The van der Waals surface area contributed by atoms with E-state index in [-0.39, 0.29) is 24.2 Å². The van der Waals surface area contributed by atoms with Crippen molar-refractivity contribution >= 4 is 17.0 Å². The van der Waals surface area contributed by atoms with Crippen LogP contribution in [0.15, 0.2) is 54.6 Å². The molecule has 3 aromatic rings. The molecule has 2 N–H and O–H groups in total. The molecule has 1 aliphatic heterocycles. The fourth-order valence-corrected chi connectivity index (χ4v) is 5.69. The Hall–Kier alpha value is -2.94. The molecule has 1 aromatic heterocycles. The van der Waals surface area contributed by atoms with E-state index in [2.05, 4.69) is 4.98 Å². The van der Waals surface area contributed by atoms with E-state index in [0.29, 0.717) is 24.2 Å². The van der Waals surface area contributed by atoms with Crippen molar-refractivity contribution in [3.8, 4) is 22.4 Å². The van der Waals surface area contributed by atoms with Crippen LogP contribution in [0.5, 0.6) is 0 Å². The summed E-state index contributed by atoms with van der Waals surface area (Å²) in [7, 11) is -1.38. The number of benzene rings is 2. The van der Waals surface area contributed by atoms with Crippen molar-refractivity contribution in [1.29, 1.82) is 0 Å². The van der Waals surface area contributed by atoms with Crippen LogP contribution in [-0.2, 0) is 17.5 Å². The second kappa shape index (κ2) is 9.37. The molecule has 6 nitrogen and oxygen atoms in total. The summed E-state index contributed by atoms with van der Waals surface area (Å²) < 4.78 is 28.0. The number of carboxylic acids is 1. The lowest BCUT2D eigenvalue weighted by Crippen LogP contribution is -2.36. The number of fused-ring (bicyclic) bond motifs is 1. The minimum absolute atomic E-state index is 0.0907. The zero-order valence-electron chi connectivity index (χ0n) is 19.3. The lowest BCUT2D eigenvalue weighted by molar-refractivity contribution is 0.0690. The zero-order valence-corrected chi connectivity index (χ0v) is 20.1. The van der Waals surface area contributed by atoms with E-state index < -0.39 is 21.7 Å². The van der Waals surface area contributed by atoms with Crippen LogP contribution in [0.2, 0.25) is 0 Å². The molecular formula is C26H27FN2O4S. The Labute approximate surface area is 200 Å². The maximum Gasteiger partial charge on any atom is 0.354 e. The van der Waals surface area contributed by atoms with Gasteiger partial charge in [0.2, 0.25) is 0 Å². The average Bonchev–Trinajstić information content (AvgIpc) is 3.16. The molecule has 8 heteroatoms. The number of hydrogen-bond donors (Lipinski definition) is 2. The predicted molar refractivity (Wildman–Crippen MR) is 130 cm³/mol. The minimum Gasteiger partial charge on any atom is -0.477 e. The highest BCUT2D eigenvalue weighted by molar-refractivity contribution is 7.84. The van der Waals surface area contributed by atoms with Crippen LogP contribution in [0, 0.1) is 5.82 Å². The van der Waals surface area contributed by atoms with Gasteiger partial charge in [0, 0.05) is 24.3 Å². The smallest absolute Gasteiger partial charge is 0.354 e. The maximum absolute atomic E-state index is 13.4. The summed E-state index contributed by atoms with van der Waals surface area (Å²) in [5, 5.41) is 19.5. The predicted octanol–water partition coefficient (Wildman–Crippen LogP) is 4.95. The van der Waals surface area contributed by atoms with Gasteiger partial charge in [-0.05, 0) is 68.1 Å². The first-order valence-corrected chi connectivity index (χ1v) is 12.1. The van der Waals surface area contributed by atoms with Gasteiger partial charge in [0.1, 0.15) is 22.5 Å². The maximum atomic E-state index is 13.4. The lowest BCUT2D eigenvalue weighted by Gasteiger charge is -2.30. The van der Waals surface area contributed by atoms with Gasteiger partial charge in [-0.1, -0.05) is 30.3 Å². The number of carboxylic acid groups (broad SMARTS) is 1. The summed E-state index contributed by atoms with van der Waals surface area (Å²) in [5.41, 5.74) is 4.28. The number of carbonyl (C=O) groups is 1. The van der Waals surface area contributed by atoms with Crippen LogP contribution < -0.4 is 0 Å². The van der Waals surface area contributed by atoms with Crippen LogP contribution in [-0.4, -0.2) is 41.0 Å². The van der Waals surface area contributed by atoms with E-state index in [1.54, 1.807) is 12.1 Å². The van der Waals surface area contributed by atoms with Crippen molar-refractivity contribution in [1.82, 2.24) is 9.29 Å². The highest BCUT2D eigenvalue weighted by Crippen LogP contribution is 2.44. The number of pyridine rings is 1. The van der Waals surface area contributed by atoms with Crippen LogP contribution in [0.4, 0.5) is 4.39 Å². The van der Waals surface area contributed by atoms with Gasteiger partial charge in [-0.15, -0.1) is 0 Å². The Morgan fingerprint density at radius 3 is 2.41 bits per heavy atom. The molecule has 2 aromatic carbocycles. The first kappa shape index (κ1) is 24.2. The summed E-state index contributed by atoms with van der Waals surface area (Å²) in [6, 6.07) is 14.8. The molecule has 178 valence electrons. The monoisotopic (exact) mass is 482 g/mol. The second-order valence-corrected chi connectivity index (χ2v) is 11.5. The third-order valence-electron chi connectivity index (χ3n) is 5.82. The van der Waals surface area contributed by atoms with Gasteiger partial charge in [0.25, 0.3) is 0 Å². The molecule has 0 aliphatic carbocycles. The number of aliphatic hydroxyl groups is 1. The molecule has 2 heterocycles. The third kappa shape index (κ3) is 4.66. The Morgan fingerprint density at radius 1 is 1.12 bits per heavy atom. The normalized spacial score (nSPS) is 16.9. The Kier molecular flexibility index (Phi) is 6.66. The summed E-state index contributed by atoms with van der Waals surface area (Å²) in [6.07, 6.45) is 0.341. The molecule has 34 heavy (non-hydrogen) atoms. The van der Waals surface area contributed by atoms with Crippen LogP contribution in [0.1, 0.15) is 54.8 Å². The van der Waals surface area contributed by atoms with Crippen molar-refractivity contribution in [2.45, 2.75) is 44.5 Å². The fourth-order valence-electron chi connectivity index (χ4n) is 4.29. The number of aromatic carboxylic acids is 1. The fraction of sp³-hybridized carbons (Fsp3) is 0.308. The third-order valence-corrected chi connectivity index (χ3v) is 7.68. The number of halogens is 1. The number of hydrogen-bond acceptors (Lipinski definition) is 4. The topological polar surface area (TPSA) is 90.7 Å². The number of aliphatic hydroxyl groups excluding tert-OH is 1. The Morgan fingerprint density at radius 2 is 1.79 bits per heavy atom. The zero-order chi connectivity index (χ0) is 24.6. The molecule has 0 unspecified atom stereocenters. The standard InChI is InChI=1S/C26H27FN2O4S/c1-26(2,3)34(33)29-15-19-14-21(25(31)32)28-24(23(19)22(29)11-12-30)18-6-4-5-17(13-18)16-7-9-20(27)10-8-16/h4-10,13-14,22,30H,11-12,15H2,1-3H3,(H,31,32)/t22-,34-/m1/s1. The van der Waals surface area contributed by atoms with E-state index in [1.807, 2.05) is 49.3 Å². The quantitative estimate of drug-likeness (QED) is 0.519. The molecule has 0 fully saturated rings. The minimum atomic E-state index is -1.38. The Balaban J connectivity index is 1.89. The Bertz CT molecular complexity index is 1250. The van der Waals surface area contributed by atoms with Crippen molar-refractivity contribution in [3.05, 3.63) is 77.2 Å². The molecule has 0 radical (unpaired) electrons. The van der Waals surface area contributed by atoms with Crippen LogP contribution >= 0.6 is 0 Å². The van der Waals surface area contributed by atoms with Gasteiger partial charge in [-0.25, -0.2) is 22.7 Å². The number of rotatable bonds is 6.